The summed E-state index contributed by atoms with van der Waals surface area (Å²) < 4.78 is 10.6. The molecular weight excluding hydrogens is 354 g/mol. The molecule has 2 aromatic carbocycles. The third-order valence-corrected chi connectivity index (χ3v) is 4.43. The van der Waals surface area contributed by atoms with Gasteiger partial charge in [-0.2, -0.15) is 4.98 Å². The lowest BCUT2D eigenvalue weighted by Crippen LogP contribution is -2.12. The molecule has 0 bridgehead atoms. The van der Waals surface area contributed by atoms with Gasteiger partial charge in [0.05, 0.1) is 12.6 Å². The van der Waals surface area contributed by atoms with Gasteiger partial charge in [0.15, 0.2) is 0 Å². The maximum absolute atomic E-state index is 5.36. The molecular formula is C21H21N5O2. The van der Waals surface area contributed by atoms with Gasteiger partial charge in [0.25, 0.3) is 0 Å². The van der Waals surface area contributed by atoms with Crippen molar-refractivity contribution in [3.05, 3.63) is 60.2 Å². The molecule has 0 radical (unpaired) electrons. The van der Waals surface area contributed by atoms with Crippen LogP contribution in [0.25, 0.3) is 22.3 Å². The maximum Gasteiger partial charge on any atom is 0.322 e. The fourth-order valence-corrected chi connectivity index (χ4v) is 2.95. The van der Waals surface area contributed by atoms with Gasteiger partial charge >= 0.3 is 6.01 Å². The Bertz CT molecular complexity index is 1110. The number of benzene rings is 2. The van der Waals surface area contributed by atoms with Gasteiger partial charge in [-0.05, 0) is 29.8 Å². The molecule has 0 unspecified atom stereocenters. The highest BCUT2D eigenvalue weighted by molar-refractivity contribution is 5.84. The first kappa shape index (κ1) is 17.8. The molecule has 7 heteroatoms. The molecule has 0 saturated carbocycles. The first-order chi connectivity index (χ1) is 13.6. The molecule has 28 heavy (non-hydrogen) atoms. The Hall–Kier alpha value is -3.61. The van der Waals surface area contributed by atoms with Gasteiger partial charge < -0.3 is 19.5 Å². The lowest BCUT2D eigenvalue weighted by molar-refractivity contribution is 0.414. The summed E-state index contributed by atoms with van der Waals surface area (Å²) in [5.74, 6) is 2.16. The van der Waals surface area contributed by atoms with Gasteiger partial charge in [-0.15, -0.1) is 0 Å². The molecule has 2 heterocycles. The normalized spacial score (nSPS) is 10.8. The number of nitrogens with one attached hydrogen (secondary N) is 1. The predicted octanol–water partition coefficient (Wildman–Crippen LogP) is 3.97. The smallest absolute Gasteiger partial charge is 0.322 e. The minimum atomic E-state index is 0.366. The highest BCUT2D eigenvalue weighted by Crippen LogP contribution is 2.25. The van der Waals surface area contributed by atoms with E-state index in [0.717, 1.165) is 33.6 Å². The largest absolute Gasteiger partial charge is 0.497 e. The summed E-state index contributed by atoms with van der Waals surface area (Å²) in [7, 11) is 5.59. The second-order valence-electron chi connectivity index (χ2n) is 6.56. The summed E-state index contributed by atoms with van der Waals surface area (Å²) in [4.78, 5) is 11.1. The topological polar surface area (TPSA) is 76.3 Å². The van der Waals surface area contributed by atoms with Crippen molar-refractivity contribution >= 4 is 22.7 Å². The Labute approximate surface area is 163 Å². The average Bonchev–Trinajstić information content (AvgIpc) is 3.21. The summed E-state index contributed by atoms with van der Waals surface area (Å²) in [6, 6.07) is 18.1. The highest BCUT2D eigenvalue weighted by atomic mass is 16.5. The van der Waals surface area contributed by atoms with Gasteiger partial charge in [0.2, 0.25) is 5.82 Å². The Morgan fingerprint density at radius 1 is 1.04 bits per heavy atom. The maximum atomic E-state index is 5.36. The molecule has 4 rings (SSSR count). The minimum Gasteiger partial charge on any atom is -0.497 e. The van der Waals surface area contributed by atoms with Crippen molar-refractivity contribution in [1.29, 1.82) is 0 Å². The number of hydrogen-bond acceptors (Lipinski definition) is 7. The van der Waals surface area contributed by atoms with Crippen LogP contribution in [0.5, 0.6) is 5.75 Å². The Balaban J connectivity index is 1.57. The van der Waals surface area contributed by atoms with Crippen molar-refractivity contribution in [3.8, 4) is 17.1 Å². The number of fused-ring (bicyclic) bond motifs is 1. The van der Waals surface area contributed by atoms with Crippen molar-refractivity contribution in [3.63, 3.8) is 0 Å². The monoisotopic (exact) mass is 375 g/mol. The van der Waals surface area contributed by atoms with Crippen molar-refractivity contribution in [2.45, 2.75) is 6.54 Å². The molecule has 0 spiro atoms. The van der Waals surface area contributed by atoms with E-state index in [2.05, 4.69) is 32.6 Å². The fraction of sp³-hybridized carbons (Fsp3) is 0.190. The second-order valence-corrected chi connectivity index (χ2v) is 6.56. The zero-order valence-electron chi connectivity index (χ0n) is 16.0. The number of ether oxygens (including phenoxy) is 1. The van der Waals surface area contributed by atoms with Crippen LogP contribution in [0.15, 0.2) is 59.1 Å². The van der Waals surface area contributed by atoms with E-state index < -0.39 is 0 Å². The summed E-state index contributed by atoms with van der Waals surface area (Å²) in [5, 5.41) is 8.37. The number of aromatic nitrogens is 3. The van der Waals surface area contributed by atoms with Crippen LogP contribution in [0, 0.1) is 0 Å². The van der Waals surface area contributed by atoms with Crippen LogP contribution < -0.4 is 15.0 Å². The van der Waals surface area contributed by atoms with E-state index in [1.807, 2.05) is 61.5 Å². The number of methoxy groups -OCH3 is 1. The highest BCUT2D eigenvalue weighted by Gasteiger charge is 2.11. The summed E-state index contributed by atoms with van der Waals surface area (Å²) in [5.41, 5.74) is 2.89. The Morgan fingerprint density at radius 3 is 2.71 bits per heavy atom. The molecule has 0 fully saturated rings. The van der Waals surface area contributed by atoms with E-state index in [4.69, 9.17) is 9.26 Å². The summed E-state index contributed by atoms with van der Waals surface area (Å²) in [6.07, 6.45) is 0. The van der Waals surface area contributed by atoms with Gasteiger partial charge in [0, 0.05) is 31.6 Å². The molecule has 0 atom stereocenters. The molecule has 0 aliphatic carbocycles. The zero-order chi connectivity index (χ0) is 19.5. The number of nitrogens with zero attached hydrogens (tertiary/aromatic N) is 4. The second kappa shape index (κ2) is 7.56. The quantitative estimate of drug-likeness (QED) is 0.546. The van der Waals surface area contributed by atoms with Crippen LogP contribution >= 0.6 is 0 Å². The SMILES string of the molecule is COc1cccc(-c2noc(NCc3cc(N(C)C)nc4ccccc34)n2)c1. The fourth-order valence-electron chi connectivity index (χ4n) is 2.95. The Morgan fingerprint density at radius 2 is 1.89 bits per heavy atom. The van der Waals surface area contributed by atoms with Crippen LogP contribution in [0.3, 0.4) is 0 Å². The lowest BCUT2D eigenvalue weighted by Gasteiger charge is -2.15. The molecule has 1 N–H and O–H groups in total. The van der Waals surface area contributed by atoms with E-state index in [0.29, 0.717) is 18.4 Å². The number of hydrogen-bond donors (Lipinski definition) is 1. The molecule has 0 saturated heterocycles. The zero-order valence-corrected chi connectivity index (χ0v) is 16.0. The third-order valence-electron chi connectivity index (χ3n) is 4.43. The van der Waals surface area contributed by atoms with E-state index in [1.165, 1.54) is 0 Å². The Kier molecular flexibility index (Phi) is 4.80. The van der Waals surface area contributed by atoms with Crippen molar-refractivity contribution in [2.75, 3.05) is 31.4 Å². The van der Waals surface area contributed by atoms with Gasteiger partial charge in [-0.1, -0.05) is 35.5 Å². The first-order valence-corrected chi connectivity index (χ1v) is 8.92. The summed E-state index contributed by atoms with van der Waals surface area (Å²) in [6.45, 7) is 0.545. The third kappa shape index (κ3) is 3.59. The standard InChI is InChI=1S/C21H21N5O2/c1-26(2)19-12-15(17-9-4-5-10-18(17)23-19)13-22-21-24-20(25-28-21)14-7-6-8-16(11-14)27-3/h4-12H,13H2,1-3H3,(H,22,24,25). The van der Waals surface area contributed by atoms with Gasteiger partial charge in [-0.3, -0.25) is 0 Å². The van der Waals surface area contributed by atoms with Crippen LogP contribution in [-0.2, 0) is 6.54 Å². The lowest BCUT2D eigenvalue weighted by atomic mass is 10.1. The molecule has 7 nitrogen and oxygen atoms in total. The molecule has 2 aromatic heterocycles. The van der Waals surface area contributed by atoms with E-state index in [9.17, 15) is 0 Å². The van der Waals surface area contributed by atoms with Crippen molar-refractivity contribution in [2.24, 2.45) is 0 Å². The molecule has 0 amide bonds. The molecule has 0 aliphatic heterocycles. The van der Waals surface area contributed by atoms with Gasteiger partial charge in [0.1, 0.15) is 11.6 Å². The minimum absolute atomic E-state index is 0.366. The number of pyridine rings is 1. The van der Waals surface area contributed by atoms with Crippen LogP contribution in [0.4, 0.5) is 11.8 Å². The molecule has 142 valence electrons. The molecule has 0 aliphatic rings. The van der Waals surface area contributed by atoms with Crippen LogP contribution in [0.2, 0.25) is 0 Å². The van der Waals surface area contributed by atoms with Crippen LogP contribution in [-0.4, -0.2) is 36.3 Å². The number of para-hydroxylation sites is 1. The van der Waals surface area contributed by atoms with Crippen LogP contribution in [0.1, 0.15) is 5.56 Å². The predicted molar refractivity (Wildman–Crippen MR) is 110 cm³/mol. The van der Waals surface area contributed by atoms with E-state index in [1.54, 1.807) is 7.11 Å². The molecule has 4 aromatic rings. The number of anilines is 2. The van der Waals surface area contributed by atoms with Gasteiger partial charge in [-0.25, -0.2) is 4.98 Å². The van der Waals surface area contributed by atoms with E-state index >= 15 is 0 Å². The summed E-state index contributed by atoms with van der Waals surface area (Å²) >= 11 is 0. The van der Waals surface area contributed by atoms with Crippen molar-refractivity contribution in [1.82, 2.24) is 15.1 Å². The number of rotatable bonds is 6. The first-order valence-electron chi connectivity index (χ1n) is 8.92. The van der Waals surface area contributed by atoms with E-state index in [-0.39, 0.29) is 0 Å². The van der Waals surface area contributed by atoms with Crippen molar-refractivity contribution < 1.29 is 9.26 Å². The average molecular weight is 375 g/mol.